The van der Waals surface area contributed by atoms with Gasteiger partial charge in [-0.1, -0.05) is 18.2 Å². The average molecular weight is 504 g/mol. The first-order chi connectivity index (χ1) is 17.8. The van der Waals surface area contributed by atoms with E-state index in [-0.39, 0.29) is 35.3 Å². The number of rotatable bonds is 5. The van der Waals surface area contributed by atoms with Crippen LogP contribution < -0.4 is 14.2 Å². The van der Waals surface area contributed by atoms with E-state index in [0.29, 0.717) is 30.9 Å². The minimum atomic E-state index is -1.08. The Morgan fingerprint density at radius 3 is 2.70 bits per heavy atom. The molecule has 7 rings (SSSR count). The van der Waals surface area contributed by atoms with Crippen LogP contribution in [0.25, 0.3) is 0 Å². The Kier molecular flexibility index (Phi) is 4.89. The number of ketones is 1. The van der Waals surface area contributed by atoms with Crippen LogP contribution in [0.15, 0.2) is 36.4 Å². The summed E-state index contributed by atoms with van der Waals surface area (Å²) in [6.45, 7) is 3.06. The van der Waals surface area contributed by atoms with Gasteiger partial charge in [-0.25, -0.2) is 4.79 Å². The Morgan fingerprint density at radius 2 is 1.92 bits per heavy atom. The molecular formula is C29H29NO7. The fraction of sp³-hybridized carbons (Fsp3) is 0.483. The van der Waals surface area contributed by atoms with Crippen molar-refractivity contribution in [3.8, 4) is 17.2 Å². The standard InChI is InChI=1S/C29H29NO7/c1-16(31)35-21-5-3-2-4-19(21)27(33)36-22-9-8-18-14-23-29(34)11-10-20(32)26-28(29,24(18)25(22)37-26)12-13-30(23)15-17-6-7-17/h2-5,8-9,17,23,26,34H,6-7,10-15H2,1H3/t23-,26+,28+,29-/m1/s1. The van der Waals surface area contributed by atoms with Crippen molar-refractivity contribution >= 4 is 17.7 Å². The van der Waals surface area contributed by atoms with E-state index in [4.69, 9.17) is 14.2 Å². The summed E-state index contributed by atoms with van der Waals surface area (Å²) in [5.41, 5.74) is 0.0592. The number of carbonyl (C=O) groups excluding carboxylic acids is 3. The molecule has 8 heteroatoms. The summed E-state index contributed by atoms with van der Waals surface area (Å²) in [5, 5.41) is 12.4. The van der Waals surface area contributed by atoms with Crippen molar-refractivity contribution in [3.05, 3.63) is 53.1 Å². The van der Waals surface area contributed by atoms with Crippen LogP contribution in [0, 0.1) is 5.92 Å². The van der Waals surface area contributed by atoms with Crippen molar-refractivity contribution in [3.63, 3.8) is 0 Å². The number of benzene rings is 2. The lowest BCUT2D eigenvalue weighted by atomic mass is 9.49. The molecule has 0 unspecified atom stereocenters. The number of likely N-dealkylation sites (tertiary alicyclic amines) is 1. The van der Waals surface area contributed by atoms with Crippen LogP contribution in [0.1, 0.15) is 60.5 Å². The van der Waals surface area contributed by atoms with Crippen LogP contribution in [-0.4, -0.2) is 58.6 Å². The van der Waals surface area contributed by atoms with Gasteiger partial charge in [0.1, 0.15) is 11.3 Å². The molecule has 2 aromatic carbocycles. The summed E-state index contributed by atoms with van der Waals surface area (Å²) in [6.07, 6.45) is 3.66. The third-order valence-electron chi connectivity index (χ3n) is 9.11. The van der Waals surface area contributed by atoms with Crippen molar-refractivity contribution in [2.75, 3.05) is 13.1 Å². The number of hydrogen-bond acceptors (Lipinski definition) is 8. The summed E-state index contributed by atoms with van der Waals surface area (Å²) in [7, 11) is 0. The third-order valence-corrected chi connectivity index (χ3v) is 9.11. The van der Waals surface area contributed by atoms with E-state index in [2.05, 4.69) is 4.90 Å². The second-order valence-corrected chi connectivity index (χ2v) is 11.2. The quantitative estimate of drug-likeness (QED) is 0.491. The van der Waals surface area contributed by atoms with Crippen LogP contribution in [0.4, 0.5) is 0 Å². The summed E-state index contributed by atoms with van der Waals surface area (Å²) in [4.78, 5) is 40.4. The first-order valence-corrected chi connectivity index (χ1v) is 13.1. The maximum atomic E-state index is 13.2. The van der Waals surface area contributed by atoms with Crippen LogP contribution in [0.3, 0.4) is 0 Å². The molecular weight excluding hydrogens is 474 g/mol. The molecule has 0 amide bonds. The smallest absolute Gasteiger partial charge is 0.347 e. The minimum absolute atomic E-state index is 0.0133. The summed E-state index contributed by atoms with van der Waals surface area (Å²) in [6, 6.07) is 9.97. The molecule has 37 heavy (non-hydrogen) atoms. The molecule has 2 aliphatic heterocycles. The fourth-order valence-corrected chi connectivity index (χ4v) is 7.37. The van der Waals surface area contributed by atoms with Gasteiger partial charge in [-0.15, -0.1) is 0 Å². The zero-order valence-electron chi connectivity index (χ0n) is 20.7. The number of carbonyl (C=O) groups is 3. The number of piperidine rings is 1. The predicted octanol–water partition coefficient (Wildman–Crippen LogP) is 2.96. The Hall–Kier alpha value is -3.23. The van der Waals surface area contributed by atoms with E-state index in [9.17, 15) is 19.5 Å². The molecule has 2 saturated carbocycles. The van der Waals surface area contributed by atoms with Gasteiger partial charge in [0.2, 0.25) is 0 Å². The maximum Gasteiger partial charge on any atom is 0.347 e. The molecule has 3 aliphatic carbocycles. The molecule has 1 N–H and O–H groups in total. The highest BCUT2D eigenvalue weighted by molar-refractivity contribution is 5.95. The van der Waals surface area contributed by atoms with Gasteiger partial charge in [0.25, 0.3) is 0 Å². The van der Waals surface area contributed by atoms with E-state index < -0.39 is 29.1 Å². The monoisotopic (exact) mass is 503 g/mol. The van der Waals surface area contributed by atoms with Crippen molar-refractivity contribution in [1.29, 1.82) is 0 Å². The van der Waals surface area contributed by atoms with Crippen LogP contribution >= 0.6 is 0 Å². The van der Waals surface area contributed by atoms with E-state index >= 15 is 0 Å². The first kappa shape index (κ1) is 22.9. The first-order valence-electron chi connectivity index (χ1n) is 13.1. The molecule has 2 heterocycles. The molecule has 8 nitrogen and oxygen atoms in total. The topological polar surface area (TPSA) is 102 Å². The Labute approximate surface area is 214 Å². The van der Waals surface area contributed by atoms with Gasteiger partial charge in [-0.2, -0.15) is 0 Å². The molecule has 0 radical (unpaired) electrons. The molecule has 0 aromatic heterocycles. The lowest BCUT2D eigenvalue weighted by molar-refractivity contribution is -0.188. The predicted molar refractivity (Wildman–Crippen MR) is 131 cm³/mol. The van der Waals surface area contributed by atoms with Gasteiger partial charge >= 0.3 is 11.9 Å². The van der Waals surface area contributed by atoms with Gasteiger partial charge in [0.15, 0.2) is 23.4 Å². The summed E-state index contributed by atoms with van der Waals surface area (Å²) >= 11 is 0. The highest BCUT2D eigenvalue weighted by atomic mass is 16.6. The van der Waals surface area contributed by atoms with E-state index in [1.165, 1.54) is 31.9 Å². The number of para-hydroxylation sites is 1. The second kappa shape index (κ2) is 7.88. The van der Waals surface area contributed by atoms with Crippen molar-refractivity contribution < 1.29 is 33.7 Å². The second-order valence-electron chi connectivity index (χ2n) is 11.2. The number of ether oxygens (including phenoxy) is 3. The zero-order chi connectivity index (χ0) is 25.5. The van der Waals surface area contributed by atoms with Gasteiger partial charge in [0.05, 0.1) is 11.0 Å². The molecule has 2 aromatic rings. The lowest BCUT2D eigenvalue weighted by Gasteiger charge is -2.62. The van der Waals surface area contributed by atoms with Gasteiger partial charge < -0.3 is 19.3 Å². The molecule has 5 aliphatic rings. The molecule has 4 atom stereocenters. The SMILES string of the molecule is CC(=O)Oc1ccccc1C(=O)Oc1ccc2c3c1O[C@H]1C(=O)CC[C@@]4(O)[C@@H](C2)N(CC2CC2)CC[C@]314. The number of nitrogens with zero attached hydrogens (tertiary/aromatic N) is 1. The molecule has 2 bridgehead atoms. The normalized spacial score (nSPS) is 31.4. The van der Waals surface area contributed by atoms with Crippen molar-refractivity contribution in [2.24, 2.45) is 5.92 Å². The van der Waals surface area contributed by atoms with Crippen LogP contribution in [0.5, 0.6) is 17.2 Å². The van der Waals surface area contributed by atoms with Gasteiger partial charge in [-0.05, 0) is 68.3 Å². The van der Waals surface area contributed by atoms with Gasteiger partial charge in [-0.3, -0.25) is 14.5 Å². The molecule has 192 valence electrons. The lowest BCUT2D eigenvalue weighted by Crippen LogP contribution is -2.76. The van der Waals surface area contributed by atoms with Crippen molar-refractivity contribution in [2.45, 2.75) is 68.6 Å². The van der Waals surface area contributed by atoms with Crippen LogP contribution in [0.2, 0.25) is 0 Å². The van der Waals surface area contributed by atoms with Gasteiger partial charge in [0, 0.05) is 31.5 Å². The summed E-state index contributed by atoms with van der Waals surface area (Å²) < 4.78 is 17.4. The fourth-order valence-electron chi connectivity index (χ4n) is 7.37. The van der Waals surface area contributed by atoms with Crippen molar-refractivity contribution in [1.82, 2.24) is 4.90 Å². The molecule has 1 saturated heterocycles. The number of Topliss-reactive ketones (excluding diaryl/α,β-unsaturated/α-hetero) is 1. The Bertz CT molecular complexity index is 1350. The van der Waals surface area contributed by atoms with E-state index in [0.717, 1.165) is 24.2 Å². The van der Waals surface area contributed by atoms with E-state index in [1.807, 2.05) is 6.07 Å². The largest absolute Gasteiger partial charge is 0.477 e. The Morgan fingerprint density at radius 1 is 1.11 bits per heavy atom. The zero-order valence-corrected chi connectivity index (χ0v) is 20.7. The number of aliphatic hydroxyl groups is 1. The van der Waals surface area contributed by atoms with E-state index in [1.54, 1.807) is 18.2 Å². The minimum Gasteiger partial charge on any atom is -0.477 e. The highest BCUT2D eigenvalue weighted by Crippen LogP contribution is 2.65. The number of hydrogen-bond donors (Lipinski definition) is 1. The average Bonchev–Trinajstić information content (AvgIpc) is 3.61. The third kappa shape index (κ3) is 3.18. The number of esters is 2. The summed E-state index contributed by atoms with van der Waals surface area (Å²) in [5.74, 6) is 0.145. The van der Waals surface area contributed by atoms with Crippen LogP contribution in [-0.2, 0) is 21.4 Å². The molecule has 1 spiro atoms. The Balaban J connectivity index is 1.30. The highest BCUT2D eigenvalue weighted by Gasteiger charge is 2.73. The molecule has 3 fully saturated rings. The maximum absolute atomic E-state index is 13.2.